The molecular weight excluding hydrogens is 250 g/mol. The minimum atomic E-state index is 0.470. The van der Waals surface area contributed by atoms with Gasteiger partial charge in [-0.2, -0.15) is 0 Å². The molecule has 1 aromatic rings. The van der Waals surface area contributed by atoms with Crippen molar-refractivity contribution in [3.05, 3.63) is 17.5 Å². The molecule has 1 N–H and O–H groups in total. The molecule has 1 aromatic heterocycles. The van der Waals surface area contributed by atoms with Gasteiger partial charge in [0.1, 0.15) is 0 Å². The molecular formula is C16H31N3O. The van der Waals surface area contributed by atoms with Gasteiger partial charge in [0.2, 0.25) is 0 Å². The van der Waals surface area contributed by atoms with Crippen LogP contribution in [-0.2, 0) is 13.1 Å². The molecule has 116 valence electrons. The van der Waals surface area contributed by atoms with Crippen molar-refractivity contribution in [1.29, 1.82) is 0 Å². The van der Waals surface area contributed by atoms with E-state index < -0.39 is 0 Å². The van der Waals surface area contributed by atoms with Crippen molar-refractivity contribution < 1.29 is 4.52 Å². The normalized spacial score (nSPS) is 12.0. The number of nitrogens with one attached hydrogen (secondary N) is 1. The summed E-state index contributed by atoms with van der Waals surface area (Å²) in [5.74, 6) is 1.75. The van der Waals surface area contributed by atoms with Gasteiger partial charge in [-0.25, -0.2) is 0 Å². The third-order valence-electron chi connectivity index (χ3n) is 3.80. The minimum Gasteiger partial charge on any atom is -0.360 e. The van der Waals surface area contributed by atoms with Crippen molar-refractivity contribution in [2.75, 3.05) is 13.1 Å². The summed E-state index contributed by atoms with van der Waals surface area (Å²) in [6.45, 7) is 14.9. The Morgan fingerprint density at radius 1 is 1.25 bits per heavy atom. The highest BCUT2D eigenvalue weighted by Gasteiger charge is 2.13. The number of nitrogens with zero attached hydrogens (tertiary/aromatic N) is 2. The van der Waals surface area contributed by atoms with E-state index in [-0.39, 0.29) is 0 Å². The summed E-state index contributed by atoms with van der Waals surface area (Å²) in [6, 6.07) is 2.54. The van der Waals surface area contributed by atoms with Crippen LogP contribution in [0.25, 0.3) is 0 Å². The molecule has 0 fully saturated rings. The smallest absolute Gasteiger partial charge is 0.151 e. The lowest BCUT2D eigenvalue weighted by molar-refractivity contribution is 0.202. The van der Waals surface area contributed by atoms with Crippen LogP contribution in [0, 0.1) is 5.92 Å². The van der Waals surface area contributed by atoms with Crippen LogP contribution in [0.1, 0.15) is 58.9 Å². The summed E-state index contributed by atoms with van der Waals surface area (Å²) < 4.78 is 5.45. The first-order chi connectivity index (χ1) is 9.58. The van der Waals surface area contributed by atoms with Crippen LogP contribution < -0.4 is 5.32 Å². The first kappa shape index (κ1) is 17.2. The maximum atomic E-state index is 5.45. The number of hydrogen-bond acceptors (Lipinski definition) is 4. The monoisotopic (exact) mass is 281 g/mol. The predicted octanol–water partition coefficient (Wildman–Crippen LogP) is 3.43. The summed E-state index contributed by atoms with van der Waals surface area (Å²) in [6.07, 6.45) is 2.49. The molecule has 0 unspecified atom stereocenters. The Labute approximate surface area is 123 Å². The van der Waals surface area contributed by atoms with E-state index in [1.165, 1.54) is 12.8 Å². The Balaban J connectivity index is 2.48. The van der Waals surface area contributed by atoms with Gasteiger partial charge in [-0.1, -0.05) is 52.6 Å². The standard InChI is InChI=1S/C16H31N3O/c1-6-14(7-2)11-19(8-3)12-16-9-15(18-20-16)10-17-13(4)5/h9,13-14,17H,6-8,10-12H2,1-5H3. The summed E-state index contributed by atoms with van der Waals surface area (Å²) >= 11 is 0. The Kier molecular flexibility index (Phi) is 7.85. The topological polar surface area (TPSA) is 41.3 Å². The van der Waals surface area contributed by atoms with E-state index in [4.69, 9.17) is 4.52 Å². The molecule has 0 aromatic carbocycles. The first-order valence-corrected chi connectivity index (χ1v) is 7.99. The van der Waals surface area contributed by atoms with Crippen LogP contribution in [0.2, 0.25) is 0 Å². The van der Waals surface area contributed by atoms with Gasteiger partial charge in [0.05, 0.1) is 12.2 Å². The predicted molar refractivity (Wildman–Crippen MR) is 83.5 cm³/mol. The number of rotatable bonds is 10. The third-order valence-corrected chi connectivity index (χ3v) is 3.80. The van der Waals surface area contributed by atoms with Gasteiger partial charge in [0, 0.05) is 25.2 Å². The molecule has 0 bridgehead atoms. The van der Waals surface area contributed by atoms with E-state index in [0.717, 1.165) is 43.6 Å². The molecule has 0 aliphatic rings. The maximum Gasteiger partial charge on any atom is 0.151 e. The molecule has 0 aliphatic carbocycles. The van der Waals surface area contributed by atoms with E-state index in [1.54, 1.807) is 0 Å². The number of hydrogen-bond donors (Lipinski definition) is 1. The van der Waals surface area contributed by atoms with Crippen LogP contribution >= 0.6 is 0 Å². The fourth-order valence-electron chi connectivity index (χ4n) is 2.26. The van der Waals surface area contributed by atoms with Gasteiger partial charge in [-0.05, 0) is 12.5 Å². The summed E-state index contributed by atoms with van der Waals surface area (Å²) in [4.78, 5) is 2.44. The molecule has 0 spiro atoms. The molecule has 0 saturated carbocycles. The quantitative estimate of drug-likeness (QED) is 0.713. The van der Waals surface area contributed by atoms with Crippen molar-refractivity contribution in [1.82, 2.24) is 15.4 Å². The summed E-state index contributed by atoms with van der Waals surface area (Å²) in [5, 5.41) is 7.49. The average Bonchev–Trinajstić information content (AvgIpc) is 2.88. The molecule has 1 heterocycles. The van der Waals surface area contributed by atoms with Gasteiger partial charge >= 0.3 is 0 Å². The molecule has 0 aliphatic heterocycles. The van der Waals surface area contributed by atoms with Gasteiger partial charge in [0.25, 0.3) is 0 Å². The maximum absolute atomic E-state index is 5.45. The highest BCUT2D eigenvalue weighted by molar-refractivity contribution is 5.05. The Morgan fingerprint density at radius 2 is 1.95 bits per heavy atom. The van der Waals surface area contributed by atoms with Crippen LogP contribution in [0.4, 0.5) is 0 Å². The van der Waals surface area contributed by atoms with E-state index >= 15 is 0 Å². The van der Waals surface area contributed by atoms with Gasteiger partial charge in [-0.3, -0.25) is 4.90 Å². The molecule has 20 heavy (non-hydrogen) atoms. The fourth-order valence-corrected chi connectivity index (χ4v) is 2.26. The molecule has 0 atom stereocenters. The van der Waals surface area contributed by atoms with Crippen LogP contribution in [0.15, 0.2) is 10.6 Å². The van der Waals surface area contributed by atoms with Crippen molar-refractivity contribution in [2.45, 2.75) is 66.6 Å². The minimum absolute atomic E-state index is 0.470. The zero-order valence-electron chi connectivity index (χ0n) is 13.8. The van der Waals surface area contributed by atoms with Crippen molar-refractivity contribution >= 4 is 0 Å². The van der Waals surface area contributed by atoms with E-state index in [1.807, 2.05) is 0 Å². The molecule has 0 saturated heterocycles. The lowest BCUT2D eigenvalue weighted by atomic mass is 10.0. The largest absolute Gasteiger partial charge is 0.360 e. The second kappa shape index (κ2) is 9.14. The van der Waals surface area contributed by atoms with Gasteiger partial charge in [-0.15, -0.1) is 0 Å². The zero-order chi connectivity index (χ0) is 15.0. The van der Waals surface area contributed by atoms with E-state index in [0.29, 0.717) is 6.04 Å². The molecule has 0 radical (unpaired) electrons. The van der Waals surface area contributed by atoms with Crippen molar-refractivity contribution in [3.8, 4) is 0 Å². The molecule has 4 heteroatoms. The summed E-state index contributed by atoms with van der Waals surface area (Å²) in [7, 11) is 0. The highest BCUT2D eigenvalue weighted by Crippen LogP contribution is 2.13. The first-order valence-electron chi connectivity index (χ1n) is 7.99. The Hall–Kier alpha value is -0.870. The molecule has 4 nitrogen and oxygen atoms in total. The fraction of sp³-hybridized carbons (Fsp3) is 0.812. The molecule has 1 rings (SSSR count). The molecule has 0 amide bonds. The van der Waals surface area contributed by atoms with E-state index in [9.17, 15) is 0 Å². The summed E-state index contributed by atoms with van der Waals surface area (Å²) in [5.41, 5.74) is 0.993. The second-order valence-electron chi connectivity index (χ2n) is 5.83. The van der Waals surface area contributed by atoms with Crippen LogP contribution in [-0.4, -0.2) is 29.2 Å². The number of aromatic nitrogens is 1. The van der Waals surface area contributed by atoms with E-state index in [2.05, 4.69) is 56.1 Å². The lowest BCUT2D eigenvalue weighted by Crippen LogP contribution is -2.28. The third kappa shape index (κ3) is 6.06. The Bertz CT molecular complexity index is 358. The van der Waals surface area contributed by atoms with Crippen molar-refractivity contribution in [3.63, 3.8) is 0 Å². The zero-order valence-corrected chi connectivity index (χ0v) is 13.8. The van der Waals surface area contributed by atoms with Gasteiger partial charge < -0.3 is 9.84 Å². The Morgan fingerprint density at radius 3 is 2.50 bits per heavy atom. The van der Waals surface area contributed by atoms with Crippen LogP contribution in [0.3, 0.4) is 0 Å². The SMILES string of the molecule is CCC(CC)CN(CC)Cc1cc(CNC(C)C)no1. The lowest BCUT2D eigenvalue weighted by Gasteiger charge is -2.23. The average molecular weight is 281 g/mol. The highest BCUT2D eigenvalue weighted by atomic mass is 16.5. The van der Waals surface area contributed by atoms with Crippen LogP contribution in [0.5, 0.6) is 0 Å². The second-order valence-corrected chi connectivity index (χ2v) is 5.83. The van der Waals surface area contributed by atoms with Gasteiger partial charge in [0.15, 0.2) is 5.76 Å². The van der Waals surface area contributed by atoms with Crippen molar-refractivity contribution in [2.24, 2.45) is 5.92 Å².